The molecule has 2 bridgehead atoms. The molecule has 1 nitrogen and oxygen atoms in total. The number of fused-ring (bicyclic) bond motifs is 6. The third-order valence-corrected chi connectivity index (χ3v) is 22.5. The van der Waals surface area contributed by atoms with Crippen molar-refractivity contribution >= 4 is 28.3 Å². The second-order valence-electron chi connectivity index (χ2n) is 8.49. The van der Waals surface area contributed by atoms with Crippen molar-refractivity contribution in [2.45, 2.75) is 36.4 Å². The SMILES string of the molecule is Cc1cc[c]([Sb]23([CH3])[O]C(C(F)(F)F)(Cc4cccc[c]42)Cc2cccc[c]23)cc1. The van der Waals surface area contributed by atoms with Crippen LogP contribution in [0.4, 0.5) is 13.2 Å². The summed E-state index contributed by atoms with van der Waals surface area (Å²) in [7, 11) is 0. The van der Waals surface area contributed by atoms with E-state index in [9.17, 15) is 13.2 Å². The summed E-state index contributed by atoms with van der Waals surface area (Å²) in [6, 6.07) is 23.2. The molecule has 0 saturated carbocycles. The monoisotopic (exact) mass is 504 g/mol. The van der Waals surface area contributed by atoms with Crippen LogP contribution in [0.5, 0.6) is 0 Å². The van der Waals surface area contributed by atoms with Gasteiger partial charge in [0.2, 0.25) is 0 Å². The Hall–Kier alpha value is -1.77. The van der Waals surface area contributed by atoms with Gasteiger partial charge in [-0.3, -0.25) is 0 Å². The van der Waals surface area contributed by atoms with Crippen molar-refractivity contribution in [3.05, 3.63) is 89.5 Å². The van der Waals surface area contributed by atoms with Crippen molar-refractivity contribution in [3.8, 4) is 0 Å². The fourth-order valence-electron chi connectivity index (χ4n) is 5.27. The van der Waals surface area contributed by atoms with Crippen molar-refractivity contribution in [1.29, 1.82) is 0 Å². The van der Waals surface area contributed by atoms with Gasteiger partial charge in [0.15, 0.2) is 0 Å². The Morgan fingerprint density at radius 1 is 0.793 bits per heavy atom. The van der Waals surface area contributed by atoms with E-state index in [1.165, 1.54) is 0 Å². The van der Waals surface area contributed by atoms with E-state index in [0.29, 0.717) is 0 Å². The van der Waals surface area contributed by atoms with E-state index in [1.54, 1.807) is 0 Å². The van der Waals surface area contributed by atoms with E-state index >= 15 is 0 Å². The minimum atomic E-state index is -4.89. The molecule has 29 heavy (non-hydrogen) atoms. The molecule has 2 aliphatic rings. The number of rotatable bonds is 1. The summed E-state index contributed by atoms with van der Waals surface area (Å²) in [5.41, 5.74) is 0.441. The van der Waals surface area contributed by atoms with Crippen LogP contribution in [0.3, 0.4) is 0 Å². The average molecular weight is 505 g/mol. The van der Waals surface area contributed by atoms with E-state index in [4.69, 9.17) is 3.02 Å². The van der Waals surface area contributed by atoms with Gasteiger partial charge in [-0.2, -0.15) is 0 Å². The zero-order valence-electron chi connectivity index (χ0n) is 16.3. The number of aryl methyl sites for hydroxylation is 1. The molecule has 5 heteroatoms. The number of halogens is 3. The Morgan fingerprint density at radius 3 is 1.76 bits per heavy atom. The third-order valence-electron chi connectivity index (χ3n) is 6.67. The van der Waals surface area contributed by atoms with Crippen molar-refractivity contribution in [3.63, 3.8) is 0 Å². The van der Waals surface area contributed by atoms with Gasteiger partial charge >= 0.3 is 170 Å². The van der Waals surface area contributed by atoms with Gasteiger partial charge in [0.25, 0.3) is 0 Å². The van der Waals surface area contributed by atoms with Gasteiger partial charge in [-0.05, 0) is 0 Å². The zero-order valence-corrected chi connectivity index (χ0v) is 18.9. The summed E-state index contributed by atoms with van der Waals surface area (Å²) in [4.78, 5) is 2.02. The molecule has 0 radical (unpaired) electrons. The van der Waals surface area contributed by atoms with Crippen LogP contribution in [0.15, 0.2) is 72.8 Å². The molecule has 0 aromatic heterocycles. The Balaban J connectivity index is 1.98. The summed E-state index contributed by atoms with van der Waals surface area (Å²) < 4.78 is 53.3. The minimum absolute atomic E-state index is 0.136. The molecule has 0 aliphatic carbocycles. The molecule has 5 rings (SSSR count). The number of hydrogen-bond donors (Lipinski definition) is 0. The maximum absolute atomic E-state index is 14.6. The third kappa shape index (κ3) is 2.39. The van der Waals surface area contributed by atoms with Crippen molar-refractivity contribution in [1.82, 2.24) is 0 Å². The quantitative estimate of drug-likeness (QED) is 0.455. The predicted octanol–water partition coefficient (Wildman–Crippen LogP) is 3.98. The molecular formula is C24H22F3OSb. The van der Waals surface area contributed by atoms with Crippen LogP contribution in [0, 0.1) is 6.92 Å². The van der Waals surface area contributed by atoms with E-state index < -0.39 is 29.6 Å². The summed E-state index contributed by atoms with van der Waals surface area (Å²) in [5, 5.41) is 0. The first-order valence-electron chi connectivity index (χ1n) is 9.71. The summed E-state index contributed by atoms with van der Waals surface area (Å²) in [6.07, 6.45) is -4.73. The molecule has 3 aromatic rings. The Bertz CT molecular complexity index is 1070. The molecule has 0 atom stereocenters. The topological polar surface area (TPSA) is 9.23 Å². The molecule has 0 saturated heterocycles. The zero-order chi connectivity index (χ0) is 20.5. The first-order chi connectivity index (χ1) is 13.7. The van der Waals surface area contributed by atoms with Crippen molar-refractivity contribution in [2.24, 2.45) is 0 Å². The summed E-state index contributed by atoms with van der Waals surface area (Å²) in [5.74, 6) is 0. The van der Waals surface area contributed by atoms with Crippen LogP contribution in [0.2, 0.25) is 4.87 Å². The van der Waals surface area contributed by atoms with E-state index in [2.05, 4.69) is 0 Å². The molecule has 2 aliphatic heterocycles. The van der Waals surface area contributed by atoms with Gasteiger partial charge in [0.1, 0.15) is 0 Å². The van der Waals surface area contributed by atoms with E-state index in [-0.39, 0.29) is 12.8 Å². The van der Waals surface area contributed by atoms with Crippen molar-refractivity contribution < 1.29 is 16.2 Å². The number of hydrogen-bond acceptors (Lipinski definition) is 1. The Labute approximate surface area is 170 Å². The molecule has 0 spiro atoms. The van der Waals surface area contributed by atoms with Gasteiger partial charge in [-0.1, -0.05) is 0 Å². The summed E-state index contributed by atoms with van der Waals surface area (Å²) in [6.45, 7) is 1.99. The van der Waals surface area contributed by atoms with Gasteiger partial charge in [-0.15, -0.1) is 0 Å². The van der Waals surface area contributed by atoms with Crippen LogP contribution in [-0.2, 0) is 15.9 Å². The van der Waals surface area contributed by atoms with Gasteiger partial charge in [0, 0.05) is 0 Å². The molecule has 0 unspecified atom stereocenters. The molecule has 0 fully saturated rings. The molecule has 3 aromatic carbocycles. The molecule has 2 heterocycles. The second-order valence-corrected chi connectivity index (χ2v) is 21.6. The first kappa shape index (κ1) is 19.2. The number of alkyl halides is 3. The van der Waals surface area contributed by atoms with Crippen LogP contribution >= 0.6 is 0 Å². The average Bonchev–Trinajstić information content (AvgIpc) is 2.68. The normalized spacial score (nSPS) is 25.2. The Morgan fingerprint density at radius 2 is 1.28 bits per heavy atom. The maximum atomic E-state index is 14.6. The standard InChI is InChI=1S/C16H12F3O.C7H7.CH3.Sb/c17-16(18,19)15(20,11-13-7-3-1-4-8-13)12-14-9-5-2-6-10-14;1-7-5-3-2-4-6-7;;/h1-7,9H,11-12H2;3-6H,1H3;1H3;/q-1;;;+1. The predicted molar refractivity (Wildman–Crippen MR) is 112 cm³/mol. The van der Waals surface area contributed by atoms with Crippen LogP contribution in [-0.4, -0.2) is 29.6 Å². The fraction of sp³-hybridized carbons (Fsp3) is 0.250. The first-order valence-corrected chi connectivity index (χ1v) is 17.1. The van der Waals surface area contributed by atoms with Gasteiger partial charge in [0.05, 0.1) is 0 Å². The fourth-order valence-corrected chi connectivity index (χ4v) is 21.5. The van der Waals surface area contributed by atoms with Gasteiger partial charge < -0.3 is 0 Å². The molecule has 150 valence electrons. The molecular weight excluding hydrogens is 483 g/mol. The van der Waals surface area contributed by atoms with Gasteiger partial charge in [-0.25, -0.2) is 0 Å². The van der Waals surface area contributed by atoms with Crippen LogP contribution in [0.1, 0.15) is 16.7 Å². The number of benzene rings is 3. The Kier molecular flexibility index (Phi) is 3.90. The van der Waals surface area contributed by atoms with Crippen LogP contribution in [0.25, 0.3) is 0 Å². The molecule has 0 N–H and O–H groups in total. The second kappa shape index (κ2) is 5.89. The van der Waals surface area contributed by atoms with E-state index in [0.717, 1.165) is 27.2 Å². The van der Waals surface area contributed by atoms with E-state index in [1.807, 2.05) is 84.6 Å². The van der Waals surface area contributed by atoms with Crippen LogP contribution < -0.4 is 10.5 Å². The summed E-state index contributed by atoms with van der Waals surface area (Å²) >= 11 is -4.89. The van der Waals surface area contributed by atoms with Crippen molar-refractivity contribution in [2.75, 3.05) is 0 Å². The molecule has 0 amide bonds.